The van der Waals surface area contributed by atoms with E-state index in [1.54, 1.807) is 0 Å². The molecule has 124 valence electrons. The normalized spacial score (nSPS) is 10.6. The SMILES string of the molecule is CCn1c(CNc2ccc(C)cc2C)nnc1SCC(=O)OC. The fourth-order valence-corrected chi connectivity index (χ4v) is 3.10. The van der Waals surface area contributed by atoms with Crippen LogP contribution in [-0.4, -0.2) is 33.6 Å². The number of ether oxygens (including phenoxy) is 1. The van der Waals surface area contributed by atoms with Crippen molar-refractivity contribution in [2.24, 2.45) is 0 Å². The molecule has 23 heavy (non-hydrogen) atoms. The number of rotatable bonds is 7. The van der Waals surface area contributed by atoms with E-state index in [9.17, 15) is 4.79 Å². The summed E-state index contributed by atoms with van der Waals surface area (Å²) in [6, 6.07) is 6.30. The van der Waals surface area contributed by atoms with Gasteiger partial charge in [0.05, 0.1) is 19.4 Å². The molecule has 1 heterocycles. The molecule has 0 radical (unpaired) electrons. The molecule has 0 unspecified atom stereocenters. The lowest BCUT2D eigenvalue weighted by atomic mass is 10.1. The van der Waals surface area contributed by atoms with Gasteiger partial charge in [0.25, 0.3) is 0 Å². The number of anilines is 1. The van der Waals surface area contributed by atoms with E-state index in [-0.39, 0.29) is 11.7 Å². The predicted octanol–water partition coefficient (Wildman–Crippen LogP) is 2.79. The first-order valence-electron chi connectivity index (χ1n) is 7.48. The second kappa shape index (κ2) is 8.01. The van der Waals surface area contributed by atoms with Gasteiger partial charge in [-0.25, -0.2) is 0 Å². The summed E-state index contributed by atoms with van der Waals surface area (Å²) in [6.45, 7) is 7.53. The van der Waals surface area contributed by atoms with Gasteiger partial charge in [0.2, 0.25) is 0 Å². The first-order valence-corrected chi connectivity index (χ1v) is 8.46. The Morgan fingerprint density at radius 2 is 2.13 bits per heavy atom. The minimum atomic E-state index is -0.268. The van der Waals surface area contributed by atoms with Crippen molar-refractivity contribution in [3.63, 3.8) is 0 Å². The maximum atomic E-state index is 11.3. The van der Waals surface area contributed by atoms with E-state index in [0.717, 1.165) is 23.2 Å². The van der Waals surface area contributed by atoms with E-state index in [4.69, 9.17) is 0 Å². The smallest absolute Gasteiger partial charge is 0.316 e. The van der Waals surface area contributed by atoms with Gasteiger partial charge < -0.3 is 14.6 Å². The molecular formula is C16H22N4O2S. The number of carbonyl (C=O) groups is 1. The summed E-state index contributed by atoms with van der Waals surface area (Å²) < 4.78 is 6.65. The summed E-state index contributed by atoms with van der Waals surface area (Å²) in [6.07, 6.45) is 0. The minimum Gasteiger partial charge on any atom is -0.468 e. The number of hydrogen-bond donors (Lipinski definition) is 1. The van der Waals surface area contributed by atoms with Gasteiger partial charge in [0.15, 0.2) is 11.0 Å². The van der Waals surface area contributed by atoms with Crippen molar-refractivity contribution in [1.82, 2.24) is 14.8 Å². The van der Waals surface area contributed by atoms with Crippen LogP contribution >= 0.6 is 11.8 Å². The van der Waals surface area contributed by atoms with Crippen molar-refractivity contribution >= 4 is 23.4 Å². The largest absolute Gasteiger partial charge is 0.468 e. The summed E-state index contributed by atoms with van der Waals surface area (Å²) in [4.78, 5) is 11.3. The number of aryl methyl sites for hydroxylation is 2. The van der Waals surface area contributed by atoms with E-state index in [0.29, 0.717) is 6.54 Å². The summed E-state index contributed by atoms with van der Waals surface area (Å²) in [5.74, 6) is 0.814. The number of benzene rings is 1. The van der Waals surface area contributed by atoms with E-state index >= 15 is 0 Å². The molecule has 0 aliphatic heterocycles. The van der Waals surface area contributed by atoms with E-state index in [1.165, 1.54) is 30.0 Å². The molecule has 7 heteroatoms. The Morgan fingerprint density at radius 3 is 2.78 bits per heavy atom. The van der Waals surface area contributed by atoms with Crippen molar-refractivity contribution in [2.75, 3.05) is 18.2 Å². The fourth-order valence-electron chi connectivity index (χ4n) is 2.24. The Balaban J connectivity index is 2.05. The Kier molecular flexibility index (Phi) is 6.04. The third kappa shape index (κ3) is 4.48. The molecule has 2 rings (SSSR count). The maximum Gasteiger partial charge on any atom is 0.316 e. The maximum absolute atomic E-state index is 11.3. The number of nitrogens with zero attached hydrogens (tertiary/aromatic N) is 3. The predicted molar refractivity (Wildman–Crippen MR) is 91.7 cm³/mol. The standard InChI is InChI=1S/C16H22N4O2S/c1-5-20-14(18-19-16(20)23-10-15(21)22-4)9-17-13-7-6-11(2)8-12(13)3/h6-8,17H,5,9-10H2,1-4H3. The fraction of sp³-hybridized carbons (Fsp3) is 0.438. The van der Waals surface area contributed by atoms with Gasteiger partial charge in [-0.05, 0) is 32.4 Å². The van der Waals surface area contributed by atoms with Crippen LogP contribution in [0.4, 0.5) is 5.69 Å². The first kappa shape index (κ1) is 17.3. The van der Waals surface area contributed by atoms with Crippen molar-refractivity contribution in [3.8, 4) is 0 Å². The Morgan fingerprint density at radius 1 is 1.35 bits per heavy atom. The third-order valence-corrected chi connectivity index (χ3v) is 4.42. The van der Waals surface area contributed by atoms with E-state index < -0.39 is 0 Å². The molecule has 0 spiro atoms. The lowest BCUT2D eigenvalue weighted by Crippen LogP contribution is -2.10. The highest BCUT2D eigenvalue weighted by Gasteiger charge is 2.13. The number of hydrogen-bond acceptors (Lipinski definition) is 6. The van der Waals surface area contributed by atoms with Crippen molar-refractivity contribution < 1.29 is 9.53 Å². The van der Waals surface area contributed by atoms with Gasteiger partial charge in [0, 0.05) is 12.2 Å². The Bertz CT molecular complexity index is 685. The van der Waals surface area contributed by atoms with Gasteiger partial charge in [-0.3, -0.25) is 4.79 Å². The lowest BCUT2D eigenvalue weighted by Gasteiger charge is -2.11. The molecule has 0 saturated heterocycles. The Labute approximate surface area is 140 Å². The van der Waals surface area contributed by atoms with Crippen LogP contribution in [0.1, 0.15) is 23.9 Å². The molecule has 1 aromatic carbocycles. The summed E-state index contributed by atoms with van der Waals surface area (Å²) >= 11 is 1.34. The number of aromatic nitrogens is 3. The van der Waals surface area contributed by atoms with E-state index in [1.807, 2.05) is 11.5 Å². The van der Waals surface area contributed by atoms with Gasteiger partial charge in [-0.1, -0.05) is 29.5 Å². The Hall–Kier alpha value is -2.02. The zero-order chi connectivity index (χ0) is 16.8. The monoisotopic (exact) mass is 334 g/mol. The summed E-state index contributed by atoms with van der Waals surface area (Å²) in [7, 11) is 1.38. The topological polar surface area (TPSA) is 69.0 Å². The molecule has 6 nitrogen and oxygen atoms in total. The molecule has 1 N–H and O–H groups in total. The quantitative estimate of drug-likeness (QED) is 0.620. The van der Waals surface area contributed by atoms with Crippen LogP contribution in [0.5, 0.6) is 0 Å². The highest BCUT2D eigenvalue weighted by atomic mass is 32.2. The van der Waals surface area contributed by atoms with Crippen LogP contribution in [0.3, 0.4) is 0 Å². The van der Waals surface area contributed by atoms with Crippen LogP contribution in [0.25, 0.3) is 0 Å². The lowest BCUT2D eigenvalue weighted by molar-refractivity contribution is -0.137. The molecule has 0 bridgehead atoms. The van der Waals surface area contributed by atoms with E-state index in [2.05, 4.69) is 52.3 Å². The highest BCUT2D eigenvalue weighted by molar-refractivity contribution is 7.99. The molecule has 1 aromatic heterocycles. The van der Waals surface area contributed by atoms with Crippen LogP contribution < -0.4 is 5.32 Å². The zero-order valence-corrected chi connectivity index (χ0v) is 14.7. The summed E-state index contributed by atoms with van der Waals surface area (Å²) in [5.41, 5.74) is 3.53. The zero-order valence-electron chi connectivity index (χ0n) is 13.9. The molecule has 0 saturated carbocycles. The number of methoxy groups -OCH3 is 1. The molecule has 0 atom stereocenters. The van der Waals surface area contributed by atoms with Crippen LogP contribution in [-0.2, 0) is 22.6 Å². The number of thioether (sulfide) groups is 1. The average Bonchev–Trinajstić information content (AvgIpc) is 2.93. The molecule has 0 aliphatic carbocycles. The second-order valence-corrected chi connectivity index (χ2v) is 6.12. The number of esters is 1. The number of carbonyl (C=O) groups excluding carboxylic acids is 1. The first-order chi connectivity index (χ1) is 11.0. The summed E-state index contributed by atoms with van der Waals surface area (Å²) in [5, 5.41) is 12.5. The van der Waals surface area contributed by atoms with Gasteiger partial charge in [-0.2, -0.15) is 0 Å². The van der Waals surface area contributed by atoms with Crippen molar-refractivity contribution in [3.05, 3.63) is 35.2 Å². The van der Waals surface area contributed by atoms with Crippen LogP contribution in [0, 0.1) is 13.8 Å². The molecule has 0 amide bonds. The van der Waals surface area contributed by atoms with Crippen molar-refractivity contribution in [1.29, 1.82) is 0 Å². The number of nitrogens with one attached hydrogen (secondary N) is 1. The molecular weight excluding hydrogens is 312 g/mol. The minimum absolute atomic E-state index is 0.235. The highest BCUT2D eigenvalue weighted by Crippen LogP contribution is 2.20. The van der Waals surface area contributed by atoms with Crippen molar-refractivity contribution in [2.45, 2.75) is 39.0 Å². The third-order valence-electron chi connectivity index (χ3n) is 3.48. The average molecular weight is 334 g/mol. The van der Waals surface area contributed by atoms with Gasteiger partial charge in [-0.15, -0.1) is 10.2 Å². The van der Waals surface area contributed by atoms with Crippen LogP contribution in [0.2, 0.25) is 0 Å². The van der Waals surface area contributed by atoms with Crippen LogP contribution in [0.15, 0.2) is 23.4 Å². The van der Waals surface area contributed by atoms with Gasteiger partial charge in [0.1, 0.15) is 0 Å². The van der Waals surface area contributed by atoms with Gasteiger partial charge >= 0.3 is 5.97 Å². The molecule has 2 aromatic rings. The molecule has 0 fully saturated rings. The molecule has 0 aliphatic rings. The second-order valence-electron chi connectivity index (χ2n) is 5.18.